The molecule has 1 aromatic carbocycles. The van der Waals surface area contributed by atoms with Crippen molar-refractivity contribution in [1.82, 2.24) is 5.43 Å². The number of hydrazone groups is 1. The highest BCUT2D eigenvalue weighted by Gasteiger charge is 2.32. The van der Waals surface area contributed by atoms with Crippen LogP contribution >= 0.6 is 35.1 Å². The van der Waals surface area contributed by atoms with Gasteiger partial charge in [-0.05, 0) is 31.2 Å². The van der Waals surface area contributed by atoms with E-state index in [1.165, 1.54) is 6.21 Å². The molecule has 1 saturated heterocycles. The molecule has 0 radical (unpaired) electrons. The molecule has 4 nitrogen and oxygen atoms in total. The summed E-state index contributed by atoms with van der Waals surface area (Å²) in [5.41, 5.74) is 3.46. The van der Waals surface area contributed by atoms with Crippen molar-refractivity contribution in [3.05, 3.63) is 47.2 Å². The van der Waals surface area contributed by atoms with Crippen molar-refractivity contribution < 1.29 is 9.21 Å². The fraction of sp³-hybridized carbons (Fsp3) is 0.294. The molecular formula is C17H17ClN2O2S2. The highest BCUT2D eigenvalue weighted by Crippen LogP contribution is 2.45. The van der Waals surface area contributed by atoms with E-state index in [0.717, 1.165) is 17.1 Å². The van der Waals surface area contributed by atoms with Gasteiger partial charge in [-0.1, -0.05) is 23.7 Å². The fourth-order valence-electron chi connectivity index (χ4n) is 2.38. The van der Waals surface area contributed by atoms with Gasteiger partial charge >= 0.3 is 0 Å². The van der Waals surface area contributed by atoms with Crippen LogP contribution < -0.4 is 5.43 Å². The van der Waals surface area contributed by atoms with Crippen LogP contribution in [-0.2, 0) is 4.79 Å². The topological polar surface area (TPSA) is 54.6 Å². The van der Waals surface area contributed by atoms with Gasteiger partial charge in [-0.25, -0.2) is 5.43 Å². The normalized spacial score (nSPS) is 16.6. The number of amides is 1. The van der Waals surface area contributed by atoms with Crippen molar-refractivity contribution >= 4 is 47.2 Å². The molecule has 1 aromatic heterocycles. The van der Waals surface area contributed by atoms with Crippen molar-refractivity contribution in [2.24, 2.45) is 5.10 Å². The van der Waals surface area contributed by atoms with Gasteiger partial charge in [-0.2, -0.15) is 5.10 Å². The lowest BCUT2D eigenvalue weighted by Crippen LogP contribution is -2.26. The number of rotatable bonds is 5. The minimum atomic E-state index is -0.0859. The standard InChI is InChI=1S/C17H17ClN2O2S2/c1-17(23-7-8-24-17)10-16(21)20-19-11-14-5-6-15(22-14)12-3-2-4-13(18)9-12/h2-6,9,11H,7-8,10H2,1H3,(H,20,21). The summed E-state index contributed by atoms with van der Waals surface area (Å²) < 4.78 is 5.65. The van der Waals surface area contributed by atoms with E-state index < -0.39 is 0 Å². The van der Waals surface area contributed by atoms with Gasteiger partial charge in [0.1, 0.15) is 11.5 Å². The van der Waals surface area contributed by atoms with Gasteiger partial charge in [0.05, 0.1) is 16.7 Å². The Morgan fingerprint density at radius 1 is 1.38 bits per heavy atom. The van der Waals surface area contributed by atoms with E-state index in [-0.39, 0.29) is 9.99 Å². The van der Waals surface area contributed by atoms with Crippen LogP contribution in [-0.4, -0.2) is 27.7 Å². The molecule has 1 N–H and O–H groups in total. The van der Waals surface area contributed by atoms with Gasteiger partial charge in [0, 0.05) is 22.1 Å². The summed E-state index contributed by atoms with van der Waals surface area (Å²) >= 11 is 9.63. The average molecular weight is 381 g/mol. The third kappa shape index (κ3) is 4.59. The summed E-state index contributed by atoms with van der Waals surface area (Å²) in [5, 5.41) is 4.63. The fourth-order valence-corrected chi connectivity index (χ4v) is 5.40. The van der Waals surface area contributed by atoms with Crippen LogP contribution in [0.5, 0.6) is 0 Å². The number of nitrogens with zero attached hydrogens (tertiary/aromatic N) is 1. The van der Waals surface area contributed by atoms with Crippen molar-refractivity contribution in [3.63, 3.8) is 0 Å². The molecule has 0 bridgehead atoms. The zero-order valence-corrected chi connectivity index (χ0v) is 15.5. The van der Waals surface area contributed by atoms with Crippen LogP contribution in [0.25, 0.3) is 11.3 Å². The largest absolute Gasteiger partial charge is 0.455 e. The lowest BCUT2D eigenvalue weighted by atomic mass is 10.2. The minimum absolute atomic E-state index is 0.0377. The second-order valence-electron chi connectivity index (χ2n) is 5.51. The highest BCUT2D eigenvalue weighted by molar-refractivity contribution is 8.21. The molecule has 0 unspecified atom stereocenters. The molecule has 1 aliphatic rings. The lowest BCUT2D eigenvalue weighted by molar-refractivity contribution is -0.121. The van der Waals surface area contributed by atoms with Crippen LogP contribution in [0.1, 0.15) is 19.1 Å². The summed E-state index contributed by atoms with van der Waals surface area (Å²) in [6.07, 6.45) is 1.95. The zero-order chi connectivity index (χ0) is 17.0. The van der Waals surface area contributed by atoms with Crippen LogP contribution in [0.4, 0.5) is 0 Å². The van der Waals surface area contributed by atoms with Crippen molar-refractivity contribution in [2.45, 2.75) is 17.4 Å². The molecule has 1 fully saturated rings. The first-order valence-corrected chi connectivity index (χ1v) is 9.85. The molecule has 3 rings (SSSR count). The number of halogens is 1. The molecule has 2 heterocycles. The number of benzene rings is 1. The number of hydrogen-bond donors (Lipinski definition) is 1. The second-order valence-corrected chi connectivity index (χ2v) is 9.40. The molecule has 0 aliphatic carbocycles. The quantitative estimate of drug-likeness (QED) is 0.606. The summed E-state index contributed by atoms with van der Waals surface area (Å²) in [5.74, 6) is 3.38. The Bertz CT molecular complexity index is 755. The SMILES string of the molecule is CC1(CC(=O)NN=Cc2ccc(-c3cccc(Cl)c3)o2)SCCS1. The Kier molecular flexibility index (Phi) is 5.58. The molecule has 7 heteroatoms. The molecule has 0 atom stereocenters. The maximum atomic E-state index is 12.0. The van der Waals surface area contributed by atoms with Gasteiger partial charge in [0.25, 0.3) is 0 Å². The Hall–Kier alpha value is -1.37. The number of carbonyl (C=O) groups is 1. The summed E-state index contributed by atoms with van der Waals surface area (Å²) in [6.45, 7) is 2.10. The molecule has 0 saturated carbocycles. The lowest BCUT2D eigenvalue weighted by Gasteiger charge is -2.19. The molecular weight excluding hydrogens is 364 g/mol. The highest BCUT2D eigenvalue weighted by atomic mass is 35.5. The summed E-state index contributed by atoms with van der Waals surface area (Å²) in [6, 6.07) is 11.1. The van der Waals surface area contributed by atoms with Gasteiger partial charge in [0.15, 0.2) is 0 Å². The Morgan fingerprint density at radius 3 is 2.92 bits per heavy atom. The smallest absolute Gasteiger partial charge is 0.242 e. The van der Waals surface area contributed by atoms with E-state index in [2.05, 4.69) is 17.5 Å². The second kappa shape index (κ2) is 7.68. The maximum absolute atomic E-state index is 12.0. The zero-order valence-electron chi connectivity index (χ0n) is 13.1. The Morgan fingerprint density at radius 2 is 2.17 bits per heavy atom. The van der Waals surface area contributed by atoms with Crippen LogP contribution in [0.2, 0.25) is 5.02 Å². The van der Waals surface area contributed by atoms with Crippen molar-refractivity contribution in [1.29, 1.82) is 0 Å². The van der Waals surface area contributed by atoms with E-state index >= 15 is 0 Å². The first-order valence-electron chi connectivity index (χ1n) is 7.50. The van der Waals surface area contributed by atoms with Gasteiger partial charge in [0.2, 0.25) is 5.91 Å². The number of furan rings is 1. The predicted octanol–water partition coefficient (Wildman–Crippen LogP) is 4.64. The Balaban J connectivity index is 1.56. The van der Waals surface area contributed by atoms with Crippen LogP contribution in [0.3, 0.4) is 0 Å². The molecule has 0 spiro atoms. The van der Waals surface area contributed by atoms with Gasteiger partial charge in [-0.15, -0.1) is 23.5 Å². The third-order valence-corrected chi connectivity index (χ3v) is 7.02. The number of hydrogen-bond acceptors (Lipinski definition) is 5. The Labute approximate surface area is 154 Å². The van der Waals surface area contributed by atoms with Crippen molar-refractivity contribution in [2.75, 3.05) is 11.5 Å². The van der Waals surface area contributed by atoms with Gasteiger partial charge < -0.3 is 4.42 Å². The van der Waals surface area contributed by atoms with Crippen molar-refractivity contribution in [3.8, 4) is 11.3 Å². The monoisotopic (exact) mass is 380 g/mol. The van der Waals surface area contributed by atoms with E-state index in [9.17, 15) is 4.79 Å². The van der Waals surface area contributed by atoms with E-state index in [4.69, 9.17) is 16.0 Å². The third-order valence-electron chi connectivity index (χ3n) is 3.50. The summed E-state index contributed by atoms with van der Waals surface area (Å²) in [7, 11) is 0. The van der Waals surface area contributed by atoms with E-state index in [1.807, 2.05) is 53.9 Å². The van der Waals surface area contributed by atoms with Crippen LogP contribution in [0.15, 0.2) is 45.9 Å². The molecule has 1 aliphatic heterocycles. The molecule has 1 amide bonds. The van der Waals surface area contributed by atoms with E-state index in [0.29, 0.717) is 23.0 Å². The predicted molar refractivity (Wildman–Crippen MR) is 103 cm³/mol. The summed E-state index contributed by atoms with van der Waals surface area (Å²) in [4.78, 5) is 12.0. The molecule has 126 valence electrons. The minimum Gasteiger partial charge on any atom is -0.455 e. The van der Waals surface area contributed by atoms with E-state index in [1.54, 1.807) is 6.07 Å². The molecule has 2 aromatic rings. The average Bonchev–Trinajstić information content (AvgIpc) is 3.17. The maximum Gasteiger partial charge on any atom is 0.242 e. The molecule has 24 heavy (non-hydrogen) atoms. The number of nitrogens with one attached hydrogen (secondary N) is 1. The number of thioether (sulfide) groups is 2. The number of carbonyl (C=O) groups excluding carboxylic acids is 1. The first kappa shape index (κ1) is 17.5. The van der Waals surface area contributed by atoms with Gasteiger partial charge in [-0.3, -0.25) is 4.79 Å². The van der Waals surface area contributed by atoms with Crippen LogP contribution in [0, 0.1) is 0 Å². The first-order chi connectivity index (χ1) is 11.5.